The molecule has 0 unspecified atom stereocenters. The van der Waals surface area contributed by atoms with E-state index in [2.05, 4.69) is 42.9 Å². The molecule has 4 atom stereocenters. The number of rotatable bonds is 6. The van der Waals surface area contributed by atoms with Crippen LogP contribution in [-0.4, -0.2) is 65.7 Å². The lowest BCUT2D eigenvalue weighted by atomic mass is 10.1. The highest BCUT2D eigenvalue weighted by molar-refractivity contribution is 14.1. The number of carbonyl (C=O) groups is 1. The number of hydrogen-bond donors (Lipinski definition) is 4. The van der Waals surface area contributed by atoms with E-state index in [1.54, 1.807) is 0 Å². The van der Waals surface area contributed by atoms with Crippen molar-refractivity contribution in [3.8, 4) is 5.88 Å². The van der Waals surface area contributed by atoms with Crippen LogP contribution in [0.1, 0.15) is 18.7 Å². The van der Waals surface area contributed by atoms with Gasteiger partial charge < -0.3 is 24.8 Å². The minimum absolute atomic E-state index is 0.00824. The fraction of sp³-hybridized carbons (Fsp3) is 0.368. The molecule has 1 aromatic carbocycles. The number of fused-ring (bicyclic) bond motifs is 1. The molecule has 0 bridgehead atoms. The van der Waals surface area contributed by atoms with Crippen LogP contribution < -0.4 is 10.1 Å². The van der Waals surface area contributed by atoms with Crippen molar-refractivity contribution in [2.75, 3.05) is 11.9 Å². The second-order valence-electron chi connectivity index (χ2n) is 7.00. The van der Waals surface area contributed by atoms with Crippen LogP contribution >= 0.6 is 22.6 Å². The number of imidazole rings is 1. The average Bonchev–Trinajstić information content (AvgIpc) is 3.28. The van der Waals surface area contributed by atoms with Crippen molar-refractivity contribution in [2.45, 2.75) is 38.1 Å². The minimum atomic E-state index is -1.31. The molecule has 164 valence electrons. The largest absolute Gasteiger partial charge is 0.471 e. The molecule has 3 heterocycles. The maximum atomic E-state index is 11.5. The molecule has 4 rings (SSSR count). The van der Waals surface area contributed by atoms with Gasteiger partial charge in [0.1, 0.15) is 24.9 Å². The summed E-state index contributed by atoms with van der Waals surface area (Å²) in [4.78, 5) is 24.4. The molecule has 11 nitrogen and oxygen atoms in total. The number of ether oxygens (including phenoxy) is 2. The van der Waals surface area contributed by atoms with E-state index in [0.717, 1.165) is 9.13 Å². The number of nitrogens with one attached hydrogen (secondary N) is 1. The van der Waals surface area contributed by atoms with Crippen molar-refractivity contribution in [1.82, 2.24) is 19.5 Å². The highest BCUT2D eigenvalue weighted by Crippen LogP contribution is 2.33. The number of halogens is 1. The van der Waals surface area contributed by atoms with Gasteiger partial charge in [0.2, 0.25) is 17.7 Å². The summed E-state index contributed by atoms with van der Waals surface area (Å²) in [6.07, 6.45) is -3.22. The van der Waals surface area contributed by atoms with Crippen LogP contribution in [0.15, 0.2) is 30.6 Å². The lowest BCUT2D eigenvalue weighted by Gasteiger charge is -2.17. The summed E-state index contributed by atoms with van der Waals surface area (Å²) in [5.74, 6) is -0.245. The summed E-state index contributed by atoms with van der Waals surface area (Å²) in [6.45, 7) is 1.07. The van der Waals surface area contributed by atoms with Crippen LogP contribution in [0.5, 0.6) is 5.88 Å². The van der Waals surface area contributed by atoms with Crippen LogP contribution in [0.2, 0.25) is 0 Å². The van der Waals surface area contributed by atoms with Gasteiger partial charge in [-0.3, -0.25) is 14.7 Å². The van der Waals surface area contributed by atoms with Gasteiger partial charge in [0.05, 0.1) is 12.9 Å². The first-order valence-corrected chi connectivity index (χ1v) is 10.5. The Kier molecular flexibility index (Phi) is 6.34. The van der Waals surface area contributed by atoms with Crippen molar-refractivity contribution in [1.29, 1.82) is 0 Å². The third kappa shape index (κ3) is 4.48. The van der Waals surface area contributed by atoms with E-state index in [-0.39, 0.29) is 35.5 Å². The lowest BCUT2D eigenvalue weighted by molar-refractivity contribution is -0.114. The highest BCUT2D eigenvalue weighted by Gasteiger charge is 2.44. The van der Waals surface area contributed by atoms with Gasteiger partial charge in [-0.15, -0.1) is 0 Å². The fourth-order valence-electron chi connectivity index (χ4n) is 3.23. The third-order valence-corrected chi connectivity index (χ3v) is 5.48. The second kappa shape index (κ2) is 9.00. The summed E-state index contributed by atoms with van der Waals surface area (Å²) >= 11 is 2.21. The van der Waals surface area contributed by atoms with Crippen molar-refractivity contribution in [3.63, 3.8) is 0 Å². The Hall–Kier alpha value is -2.39. The van der Waals surface area contributed by atoms with Crippen molar-refractivity contribution in [2.24, 2.45) is 0 Å². The van der Waals surface area contributed by atoms with Gasteiger partial charge >= 0.3 is 0 Å². The molecule has 0 radical (unpaired) electrons. The zero-order valence-corrected chi connectivity index (χ0v) is 18.5. The molecule has 1 saturated heterocycles. The average molecular weight is 539 g/mol. The van der Waals surface area contributed by atoms with E-state index >= 15 is 0 Å². The Bertz CT molecular complexity index is 1090. The lowest BCUT2D eigenvalue weighted by Crippen LogP contribution is -2.33. The number of carbonyl (C=O) groups excluding carboxylic acids is 1. The van der Waals surface area contributed by atoms with E-state index in [1.807, 2.05) is 24.3 Å². The van der Waals surface area contributed by atoms with E-state index in [0.29, 0.717) is 0 Å². The van der Waals surface area contributed by atoms with E-state index < -0.39 is 31.1 Å². The Labute approximate surface area is 190 Å². The number of amides is 1. The fourth-order valence-corrected chi connectivity index (χ4v) is 3.59. The maximum Gasteiger partial charge on any atom is 0.247 e. The minimum Gasteiger partial charge on any atom is -0.471 e. The first-order valence-electron chi connectivity index (χ1n) is 9.39. The molecule has 1 aliphatic rings. The predicted octanol–water partition coefficient (Wildman–Crippen LogP) is 0.580. The molecule has 4 N–H and O–H groups in total. The number of aromatic nitrogens is 4. The van der Waals surface area contributed by atoms with E-state index in [4.69, 9.17) is 9.47 Å². The number of aliphatic hydroxyl groups is 3. The highest BCUT2D eigenvalue weighted by atomic mass is 125. The topological polar surface area (TPSA) is 152 Å². The number of nitrogens with zero attached hydrogens (tertiary/aromatic N) is 4. The molecular weight excluding hydrogens is 519 g/mol. The molecular formula is C19H20IN5O6. The second-order valence-corrected chi connectivity index (χ2v) is 8.25. The van der Waals surface area contributed by atoms with Crippen LogP contribution in [0.3, 0.4) is 0 Å². The van der Waals surface area contributed by atoms with Gasteiger partial charge in [0, 0.05) is 10.5 Å². The molecule has 31 heavy (non-hydrogen) atoms. The molecule has 0 saturated carbocycles. The van der Waals surface area contributed by atoms with Gasteiger partial charge in [0.15, 0.2) is 17.4 Å². The monoisotopic (exact) mass is 539 g/mol. The van der Waals surface area contributed by atoms with Gasteiger partial charge in [-0.25, -0.2) is 4.98 Å². The van der Waals surface area contributed by atoms with Crippen LogP contribution in [0.4, 0.5) is 5.95 Å². The maximum absolute atomic E-state index is 11.5. The third-order valence-electron chi connectivity index (χ3n) is 4.76. The van der Waals surface area contributed by atoms with Gasteiger partial charge in [-0.05, 0) is 40.3 Å². The standard InChI is InChI=1S/C19H20IN5O6/c1-9(27)22-19-23-16-13(17(24-19)30-7-10-2-4-11(20)5-3-10)21-8-25(16)18-15(29)14(28)12(6-26)31-18/h2-5,8,12,14-15,18,26,28-29H,6-7H2,1H3,(H,22,23,24,27)/t12-,14-,15-,18-/m1/s1/i20-2. The van der Waals surface area contributed by atoms with E-state index in [1.165, 1.54) is 17.8 Å². The summed E-state index contributed by atoms with van der Waals surface area (Å²) in [6, 6.07) is 7.75. The zero-order chi connectivity index (χ0) is 22.1. The Balaban J connectivity index is 1.70. The number of hydrogen-bond acceptors (Lipinski definition) is 9. The molecule has 3 aromatic rings. The van der Waals surface area contributed by atoms with Crippen molar-refractivity contribution >= 4 is 45.6 Å². The number of aliphatic hydroxyl groups excluding tert-OH is 3. The Morgan fingerprint density at radius 3 is 2.65 bits per heavy atom. The van der Waals surface area contributed by atoms with Gasteiger partial charge in [-0.2, -0.15) is 9.97 Å². The molecule has 1 amide bonds. The molecule has 1 aliphatic heterocycles. The zero-order valence-electron chi connectivity index (χ0n) is 16.3. The summed E-state index contributed by atoms with van der Waals surface area (Å²) in [5, 5.41) is 32.3. The normalized spacial score (nSPS) is 23.3. The van der Waals surface area contributed by atoms with Gasteiger partial charge in [0.25, 0.3) is 0 Å². The molecule has 2 aromatic heterocycles. The molecule has 0 spiro atoms. The first kappa shape index (κ1) is 21.8. The quantitative estimate of drug-likeness (QED) is 0.330. The summed E-state index contributed by atoms with van der Waals surface area (Å²) in [7, 11) is 0. The Morgan fingerprint density at radius 1 is 1.26 bits per heavy atom. The van der Waals surface area contributed by atoms with Crippen LogP contribution in [0, 0.1) is 3.57 Å². The SMILES string of the molecule is CC(=O)Nc1nc(OCc2ccc([125I])cc2)c2ncn([C@@H]3O[C@H](CO)[C@@H](O)[C@H]3O)c2n1. The van der Waals surface area contributed by atoms with Crippen LogP contribution in [0.25, 0.3) is 11.2 Å². The van der Waals surface area contributed by atoms with Crippen molar-refractivity contribution < 1.29 is 29.6 Å². The Morgan fingerprint density at radius 2 is 2.00 bits per heavy atom. The first-order chi connectivity index (χ1) is 14.9. The number of anilines is 1. The summed E-state index contributed by atoms with van der Waals surface area (Å²) in [5.41, 5.74) is 1.43. The smallest absolute Gasteiger partial charge is 0.247 e. The van der Waals surface area contributed by atoms with Gasteiger partial charge in [-0.1, -0.05) is 12.1 Å². The number of benzene rings is 1. The molecule has 1 fully saturated rings. The van der Waals surface area contributed by atoms with Crippen molar-refractivity contribution in [3.05, 3.63) is 39.7 Å². The predicted molar refractivity (Wildman–Crippen MR) is 116 cm³/mol. The summed E-state index contributed by atoms with van der Waals surface area (Å²) < 4.78 is 13.9. The molecule has 0 aliphatic carbocycles. The molecule has 12 heteroatoms. The van der Waals surface area contributed by atoms with Crippen LogP contribution in [-0.2, 0) is 16.1 Å². The van der Waals surface area contributed by atoms with E-state index in [9.17, 15) is 20.1 Å².